The van der Waals surface area contributed by atoms with Gasteiger partial charge in [-0.2, -0.15) is 0 Å². The molecule has 4 rings (SSSR count). The standard InChI is InChI=1S/C28H35N3OS/c1-18-8-7-9-19(2)24(18)29-25-28(16-14-22(15-17-28)27(4,5)6)31(26(33)30-25)23-12-10-21(11-13-23)20(3)32/h7-13,22H,14-17H2,1-6H3,(H,29,30,33). The third-order valence-corrected chi connectivity index (χ3v) is 7.84. The highest BCUT2D eigenvalue weighted by atomic mass is 32.1. The zero-order valence-electron chi connectivity index (χ0n) is 20.7. The Balaban J connectivity index is 1.74. The maximum atomic E-state index is 11.8. The zero-order chi connectivity index (χ0) is 24.0. The highest BCUT2D eigenvalue weighted by molar-refractivity contribution is 7.80. The second-order valence-corrected chi connectivity index (χ2v) is 11.1. The molecule has 2 aromatic rings. The Labute approximate surface area is 203 Å². The number of nitrogens with zero attached hydrogens (tertiary/aromatic N) is 2. The Morgan fingerprint density at radius 2 is 1.64 bits per heavy atom. The predicted molar refractivity (Wildman–Crippen MR) is 143 cm³/mol. The van der Waals surface area contributed by atoms with E-state index in [1.807, 2.05) is 24.3 Å². The van der Waals surface area contributed by atoms with Crippen LogP contribution in [0, 0.1) is 25.2 Å². The Morgan fingerprint density at radius 3 is 2.15 bits per heavy atom. The summed E-state index contributed by atoms with van der Waals surface area (Å²) in [5, 5.41) is 4.31. The number of Topliss-reactive ketones (excluding diaryl/α,β-unsaturated/α-hetero) is 1. The molecule has 0 unspecified atom stereocenters. The molecular weight excluding hydrogens is 426 g/mol. The lowest BCUT2D eigenvalue weighted by Crippen LogP contribution is -2.56. The van der Waals surface area contributed by atoms with E-state index in [4.69, 9.17) is 17.2 Å². The summed E-state index contributed by atoms with van der Waals surface area (Å²) in [7, 11) is 0. The van der Waals surface area contributed by atoms with E-state index >= 15 is 0 Å². The molecule has 1 aliphatic carbocycles. The van der Waals surface area contributed by atoms with Crippen molar-refractivity contribution >= 4 is 40.3 Å². The monoisotopic (exact) mass is 461 g/mol. The molecule has 1 heterocycles. The molecule has 1 N–H and O–H groups in total. The van der Waals surface area contributed by atoms with Gasteiger partial charge in [-0.05, 0) is 105 Å². The first-order valence-corrected chi connectivity index (χ1v) is 12.3. The van der Waals surface area contributed by atoms with E-state index in [9.17, 15) is 4.79 Å². The highest BCUT2D eigenvalue weighted by Gasteiger charge is 2.51. The SMILES string of the molecule is CC(=O)c1ccc(N2C(=S)N=C(Nc3c(C)cccc3C)C23CCC(C(C)(C)C)CC3)cc1. The average molecular weight is 462 g/mol. The average Bonchev–Trinajstić information content (AvgIpc) is 3.01. The molecule has 0 saturated heterocycles. The van der Waals surface area contributed by atoms with Crippen molar-refractivity contribution in [2.24, 2.45) is 16.3 Å². The number of thiocarbonyl (C=S) groups is 1. The van der Waals surface area contributed by atoms with E-state index in [0.29, 0.717) is 16.6 Å². The molecule has 1 fully saturated rings. The van der Waals surface area contributed by atoms with Crippen molar-refractivity contribution in [3.8, 4) is 0 Å². The number of ketones is 1. The van der Waals surface area contributed by atoms with E-state index in [-0.39, 0.29) is 16.7 Å². The van der Waals surface area contributed by atoms with Crippen LogP contribution < -0.4 is 10.2 Å². The second-order valence-electron chi connectivity index (χ2n) is 10.7. The van der Waals surface area contributed by atoms with Gasteiger partial charge in [0.25, 0.3) is 0 Å². The number of aryl methyl sites for hydroxylation is 2. The summed E-state index contributed by atoms with van der Waals surface area (Å²) in [6.07, 6.45) is 4.23. The lowest BCUT2D eigenvalue weighted by molar-refractivity contribution is 0.101. The quantitative estimate of drug-likeness (QED) is 0.391. The molecule has 2 aromatic carbocycles. The number of benzene rings is 2. The number of anilines is 2. The van der Waals surface area contributed by atoms with Crippen molar-refractivity contribution in [2.45, 2.75) is 72.8 Å². The van der Waals surface area contributed by atoms with Gasteiger partial charge in [-0.1, -0.05) is 39.0 Å². The van der Waals surface area contributed by atoms with Gasteiger partial charge < -0.3 is 10.2 Å². The van der Waals surface area contributed by atoms with Crippen LogP contribution in [0.25, 0.3) is 0 Å². The van der Waals surface area contributed by atoms with Gasteiger partial charge in [-0.15, -0.1) is 0 Å². The van der Waals surface area contributed by atoms with E-state index in [2.05, 4.69) is 63.0 Å². The van der Waals surface area contributed by atoms with Gasteiger partial charge in [-0.3, -0.25) is 4.79 Å². The summed E-state index contributed by atoms with van der Waals surface area (Å²) in [5.74, 6) is 1.69. The summed E-state index contributed by atoms with van der Waals surface area (Å²) in [4.78, 5) is 19.0. The number of aliphatic imine (C=N–C) groups is 1. The first-order valence-electron chi connectivity index (χ1n) is 11.9. The summed E-state index contributed by atoms with van der Waals surface area (Å²) < 4.78 is 0. The minimum absolute atomic E-state index is 0.0691. The maximum absolute atomic E-state index is 11.8. The van der Waals surface area contributed by atoms with Crippen LogP contribution in [-0.2, 0) is 0 Å². The third kappa shape index (κ3) is 4.35. The molecule has 0 amide bonds. The van der Waals surface area contributed by atoms with Crippen LogP contribution in [0.4, 0.5) is 11.4 Å². The summed E-state index contributed by atoms with van der Waals surface area (Å²) in [5.41, 5.74) is 5.21. The molecule has 0 atom stereocenters. The molecule has 33 heavy (non-hydrogen) atoms. The van der Waals surface area contributed by atoms with Crippen LogP contribution in [0.5, 0.6) is 0 Å². The molecule has 1 spiro atoms. The minimum Gasteiger partial charge on any atom is -0.341 e. The Bertz CT molecular complexity index is 1080. The predicted octanol–water partition coefficient (Wildman–Crippen LogP) is 7.10. The number of para-hydroxylation sites is 1. The van der Waals surface area contributed by atoms with Crippen LogP contribution in [-0.4, -0.2) is 22.3 Å². The molecule has 0 radical (unpaired) electrons. The molecule has 1 aliphatic heterocycles. The van der Waals surface area contributed by atoms with Crippen molar-refractivity contribution in [3.63, 3.8) is 0 Å². The lowest BCUT2D eigenvalue weighted by atomic mass is 9.66. The lowest BCUT2D eigenvalue weighted by Gasteiger charge is -2.47. The first kappa shape index (κ1) is 23.6. The van der Waals surface area contributed by atoms with Crippen LogP contribution in [0.3, 0.4) is 0 Å². The molecule has 1 saturated carbocycles. The topological polar surface area (TPSA) is 44.7 Å². The zero-order valence-corrected chi connectivity index (χ0v) is 21.5. The Hall–Kier alpha value is -2.53. The van der Waals surface area contributed by atoms with Gasteiger partial charge in [0.2, 0.25) is 5.11 Å². The van der Waals surface area contributed by atoms with E-state index < -0.39 is 0 Å². The number of hydrogen-bond donors (Lipinski definition) is 1. The van der Waals surface area contributed by atoms with Crippen molar-refractivity contribution in [1.29, 1.82) is 0 Å². The van der Waals surface area contributed by atoms with Crippen LogP contribution >= 0.6 is 12.2 Å². The number of hydrogen-bond acceptors (Lipinski definition) is 3. The second kappa shape index (κ2) is 8.68. The number of amidine groups is 1. The van der Waals surface area contributed by atoms with Crippen molar-refractivity contribution < 1.29 is 4.79 Å². The Kier molecular flexibility index (Phi) is 6.21. The van der Waals surface area contributed by atoms with E-state index in [1.165, 1.54) is 11.1 Å². The van der Waals surface area contributed by atoms with Gasteiger partial charge in [-0.25, -0.2) is 4.99 Å². The first-order chi connectivity index (χ1) is 15.5. The molecule has 2 aliphatic rings. The van der Waals surface area contributed by atoms with Gasteiger partial charge in [0, 0.05) is 16.9 Å². The fourth-order valence-corrected chi connectivity index (χ4v) is 5.81. The van der Waals surface area contributed by atoms with Crippen LogP contribution in [0.1, 0.15) is 74.9 Å². The summed E-state index contributed by atoms with van der Waals surface area (Å²) in [6, 6.07) is 14.2. The van der Waals surface area contributed by atoms with Gasteiger partial charge >= 0.3 is 0 Å². The Morgan fingerprint density at radius 1 is 1.06 bits per heavy atom. The fourth-order valence-electron chi connectivity index (χ4n) is 5.44. The maximum Gasteiger partial charge on any atom is 0.202 e. The summed E-state index contributed by atoms with van der Waals surface area (Å²) >= 11 is 5.85. The van der Waals surface area contributed by atoms with Crippen LogP contribution in [0.2, 0.25) is 0 Å². The van der Waals surface area contributed by atoms with Crippen molar-refractivity contribution in [3.05, 3.63) is 59.2 Å². The normalized spacial score (nSPS) is 23.1. The number of nitrogens with one attached hydrogen (secondary N) is 1. The van der Waals surface area contributed by atoms with E-state index in [0.717, 1.165) is 42.9 Å². The molecular formula is C28H35N3OS. The number of carbonyl (C=O) groups is 1. The largest absolute Gasteiger partial charge is 0.341 e. The van der Waals surface area contributed by atoms with Gasteiger partial charge in [0.15, 0.2) is 5.78 Å². The summed E-state index contributed by atoms with van der Waals surface area (Å²) in [6.45, 7) is 12.9. The number of carbonyl (C=O) groups excluding carboxylic acids is 1. The van der Waals surface area contributed by atoms with Crippen LogP contribution in [0.15, 0.2) is 47.5 Å². The molecule has 174 valence electrons. The highest BCUT2D eigenvalue weighted by Crippen LogP contribution is 2.48. The minimum atomic E-state index is -0.300. The molecule has 0 bridgehead atoms. The van der Waals surface area contributed by atoms with Gasteiger partial charge in [0.05, 0.1) is 0 Å². The fraction of sp³-hybridized carbons (Fsp3) is 0.464. The molecule has 0 aromatic heterocycles. The van der Waals surface area contributed by atoms with E-state index in [1.54, 1.807) is 6.92 Å². The third-order valence-electron chi connectivity index (χ3n) is 7.56. The number of rotatable bonds is 3. The van der Waals surface area contributed by atoms with Crippen molar-refractivity contribution in [1.82, 2.24) is 0 Å². The molecule has 5 heteroatoms. The smallest absolute Gasteiger partial charge is 0.202 e. The molecule has 4 nitrogen and oxygen atoms in total. The van der Waals surface area contributed by atoms with Crippen molar-refractivity contribution in [2.75, 3.05) is 10.2 Å². The van der Waals surface area contributed by atoms with Gasteiger partial charge in [0.1, 0.15) is 11.4 Å².